The van der Waals surface area contributed by atoms with Crippen LogP contribution >= 0.6 is 0 Å². The van der Waals surface area contributed by atoms with Gasteiger partial charge in [-0.05, 0) is 37.1 Å². The lowest BCUT2D eigenvalue weighted by atomic mass is 10.2. The average Bonchev–Trinajstić information content (AvgIpc) is 3.22. The van der Waals surface area contributed by atoms with Crippen LogP contribution in [0.1, 0.15) is 45.3 Å². The van der Waals surface area contributed by atoms with Gasteiger partial charge >= 0.3 is 0 Å². The molecule has 7 nitrogen and oxygen atoms in total. The third-order valence-electron chi connectivity index (χ3n) is 3.46. The van der Waals surface area contributed by atoms with E-state index >= 15 is 0 Å². The normalized spacial score (nSPS) is 13.9. The van der Waals surface area contributed by atoms with Gasteiger partial charge in [0, 0.05) is 17.2 Å². The van der Waals surface area contributed by atoms with Gasteiger partial charge in [0.2, 0.25) is 5.91 Å². The quantitative estimate of drug-likeness (QED) is 0.673. The Labute approximate surface area is 120 Å². The predicted octanol–water partition coefficient (Wildman–Crippen LogP) is 1.22. The fourth-order valence-electron chi connectivity index (χ4n) is 2.13. The van der Waals surface area contributed by atoms with Crippen molar-refractivity contribution >= 4 is 23.2 Å². The van der Waals surface area contributed by atoms with Gasteiger partial charge in [-0.1, -0.05) is 0 Å². The van der Waals surface area contributed by atoms with E-state index in [2.05, 4.69) is 15.5 Å². The molecule has 2 aromatic rings. The molecule has 1 heterocycles. The van der Waals surface area contributed by atoms with Crippen molar-refractivity contribution in [2.75, 3.05) is 11.1 Å². The number of nitrogens with one attached hydrogen (secondary N) is 2. The van der Waals surface area contributed by atoms with Gasteiger partial charge in [0.05, 0.1) is 11.4 Å². The molecule has 0 radical (unpaired) electrons. The molecule has 0 spiro atoms. The molecule has 21 heavy (non-hydrogen) atoms. The molecule has 108 valence electrons. The van der Waals surface area contributed by atoms with Crippen molar-refractivity contribution in [3.8, 4) is 0 Å². The van der Waals surface area contributed by atoms with Crippen LogP contribution in [0.2, 0.25) is 0 Å². The first-order valence-electron chi connectivity index (χ1n) is 6.61. The SMILES string of the molecule is NC(=O)c1ccc(NC(=O)c2n[nH]c(C3CC3)c2N)cc1. The number of nitrogens with zero attached hydrogens (tertiary/aromatic N) is 1. The number of anilines is 2. The van der Waals surface area contributed by atoms with Gasteiger partial charge < -0.3 is 16.8 Å². The molecule has 1 aromatic carbocycles. The van der Waals surface area contributed by atoms with E-state index in [9.17, 15) is 9.59 Å². The summed E-state index contributed by atoms with van der Waals surface area (Å²) in [5.41, 5.74) is 13.5. The Kier molecular flexibility index (Phi) is 3.09. The number of rotatable bonds is 4. The van der Waals surface area contributed by atoms with Gasteiger partial charge in [0.25, 0.3) is 5.91 Å². The second kappa shape index (κ2) is 4.93. The lowest BCUT2D eigenvalue weighted by Crippen LogP contribution is -2.15. The molecule has 2 amide bonds. The number of benzene rings is 1. The highest BCUT2D eigenvalue weighted by atomic mass is 16.2. The maximum Gasteiger partial charge on any atom is 0.278 e. The van der Waals surface area contributed by atoms with E-state index in [1.807, 2.05) is 0 Å². The molecular formula is C14H15N5O2. The van der Waals surface area contributed by atoms with Crippen molar-refractivity contribution in [1.82, 2.24) is 10.2 Å². The predicted molar refractivity (Wildman–Crippen MR) is 77.9 cm³/mol. The summed E-state index contributed by atoms with van der Waals surface area (Å²) in [4.78, 5) is 23.1. The molecular weight excluding hydrogens is 270 g/mol. The van der Waals surface area contributed by atoms with Crippen molar-refractivity contribution < 1.29 is 9.59 Å². The summed E-state index contributed by atoms with van der Waals surface area (Å²) < 4.78 is 0. The third kappa shape index (κ3) is 2.58. The smallest absolute Gasteiger partial charge is 0.278 e. The molecule has 0 bridgehead atoms. The van der Waals surface area contributed by atoms with Gasteiger partial charge in [-0.3, -0.25) is 14.7 Å². The minimum atomic E-state index is -0.515. The molecule has 3 rings (SSSR count). The first-order valence-corrected chi connectivity index (χ1v) is 6.61. The molecule has 1 fully saturated rings. The van der Waals surface area contributed by atoms with Gasteiger partial charge in [-0.2, -0.15) is 5.10 Å². The maximum absolute atomic E-state index is 12.1. The first-order chi connectivity index (χ1) is 10.1. The highest BCUT2D eigenvalue weighted by molar-refractivity contribution is 6.06. The maximum atomic E-state index is 12.1. The second-order valence-electron chi connectivity index (χ2n) is 5.07. The number of H-pyrrole nitrogens is 1. The highest BCUT2D eigenvalue weighted by Gasteiger charge is 2.30. The molecule has 1 aliphatic carbocycles. The summed E-state index contributed by atoms with van der Waals surface area (Å²) in [5.74, 6) is -0.505. The Morgan fingerprint density at radius 2 is 1.90 bits per heavy atom. The summed E-state index contributed by atoms with van der Waals surface area (Å²) >= 11 is 0. The van der Waals surface area contributed by atoms with E-state index < -0.39 is 5.91 Å². The zero-order chi connectivity index (χ0) is 15.0. The van der Waals surface area contributed by atoms with Crippen LogP contribution in [0, 0.1) is 0 Å². The molecule has 6 N–H and O–H groups in total. The Bertz CT molecular complexity index is 701. The second-order valence-corrected chi connectivity index (χ2v) is 5.07. The Morgan fingerprint density at radius 1 is 1.24 bits per heavy atom. The number of primary amides is 1. The van der Waals surface area contributed by atoms with Gasteiger partial charge in [0.1, 0.15) is 0 Å². The minimum Gasteiger partial charge on any atom is -0.395 e. The van der Waals surface area contributed by atoms with E-state index in [1.165, 1.54) is 0 Å². The van der Waals surface area contributed by atoms with Crippen molar-refractivity contribution in [3.63, 3.8) is 0 Å². The summed E-state index contributed by atoms with van der Waals surface area (Å²) in [6.45, 7) is 0. The number of aromatic nitrogens is 2. The highest BCUT2D eigenvalue weighted by Crippen LogP contribution is 2.42. The van der Waals surface area contributed by atoms with Crippen molar-refractivity contribution in [1.29, 1.82) is 0 Å². The van der Waals surface area contributed by atoms with Gasteiger partial charge in [-0.25, -0.2) is 0 Å². The third-order valence-corrected chi connectivity index (χ3v) is 3.46. The fourth-order valence-corrected chi connectivity index (χ4v) is 2.13. The zero-order valence-electron chi connectivity index (χ0n) is 11.2. The van der Waals surface area contributed by atoms with Crippen molar-refractivity contribution in [3.05, 3.63) is 41.2 Å². The number of hydrogen-bond donors (Lipinski definition) is 4. The number of nitrogen functional groups attached to an aromatic ring is 1. The molecule has 0 aliphatic heterocycles. The molecule has 0 unspecified atom stereocenters. The van der Waals surface area contributed by atoms with Crippen molar-refractivity contribution in [2.45, 2.75) is 18.8 Å². The van der Waals surface area contributed by atoms with Gasteiger partial charge in [-0.15, -0.1) is 0 Å². The Hall–Kier alpha value is -2.83. The van der Waals surface area contributed by atoms with E-state index in [1.54, 1.807) is 24.3 Å². The molecule has 7 heteroatoms. The fraction of sp³-hybridized carbons (Fsp3) is 0.214. The summed E-state index contributed by atoms with van der Waals surface area (Å²) in [6.07, 6.45) is 2.14. The molecule has 1 aromatic heterocycles. The van der Waals surface area contributed by atoms with Crippen LogP contribution in [-0.4, -0.2) is 22.0 Å². The standard InChI is InChI=1S/C14H15N5O2/c15-10-11(7-1-2-7)18-19-12(10)14(21)17-9-5-3-8(4-6-9)13(16)20/h3-7H,1-2,15H2,(H2,16,20)(H,17,21)(H,18,19). The van der Waals surface area contributed by atoms with Crippen LogP contribution in [0.5, 0.6) is 0 Å². The van der Waals surface area contributed by atoms with Crippen LogP contribution < -0.4 is 16.8 Å². The molecule has 0 saturated heterocycles. The van der Waals surface area contributed by atoms with E-state index in [0.29, 0.717) is 22.9 Å². The lowest BCUT2D eigenvalue weighted by Gasteiger charge is -2.04. The number of nitrogens with two attached hydrogens (primary N) is 2. The molecule has 1 aliphatic rings. The minimum absolute atomic E-state index is 0.191. The Morgan fingerprint density at radius 3 is 2.48 bits per heavy atom. The van der Waals surface area contributed by atoms with E-state index in [-0.39, 0.29) is 11.6 Å². The van der Waals surface area contributed by atoms with Crippen LogP contribution in [0.15, 0.2) is 24.3 Å². The van der Waals surface area contributed by atoms with E-state index in [0.717, 1.165) is 18.5 Å². The monoisotopic (exact) mass is 285 g/mol. The number of amides is 2. The zero-order valence-corrected chi connectivity index (χ0v) is 11.2. The molecule has 0 atom stereocenters. The van der Waals surface area contributed by atoms with Crippen LogP contribution in [-0.2, 0) is 0 Å². The number of carbonyl (C=O) groups excluding carboxylic acids is 2. The van der Waals surface area contributed by atoms with Crippen LogP contribution in [0.4, 0.5) is 11.4 Å². The lowest BCUT2D eigenvalue weighted by molar-refractivity contribution is 0.0998. The summed E-state index contributed by atoms with van der Waals surface area (Å²) in [7, 11) is 0. The molecule has 1 saturated carbocycles. The first kappa shape index (κ1) is 13.2. The van der Waals surface area contributed by atoms with Gasteiger partial charge in [0.15, 0.2) is 5.69 Å². The topological polar surface area (TPSA) is 127 Å². The number of aromatic amines is 1. The Balaban J connectivity index is 1.75. The van der Waals surface area contributed by atoms with Crippen LogP contribution in [0.25, 0.3) is 0 Å². The van der Waals surface area contributed by atoms with Crippen molar-refractivity contribution in [2.24, 2.45) is 5.73 Å². The summed E-state index contributed by atoms with van der Waals surface area (Å²) in [6, 6.07) is 6.29. The number of hydrogen-bond acceptors (Lipinski definition) is 4. The number of carbonyl (C=O) groups is 2. The average molecular weight is 285 g/mol. The van der Waals surface area contributed by atoms with Crippen LogP contribution in [0.3, 0.4) is 0 Å². The largest absolute Gasteiger partial charge is 0.395 e. The van der Waals surface area contributed by atoms with E-state index in [4.69, 9.17) is 11.5 Å². The summed E-state index contributed by atoms with van der Waals surface area (Å²) in [5, 5.41) is 9.50.